The molecule has 3 heterocycles. The number of hydrogen-bond donors (Lipinski definition) is 0. The summed E-state index contributed by atoms with van der Waals surface area (Å²) >= 11 is 0. The Kier molecular flexibility index (Phi) is 5.34. The molecular formula is C23H25N7O2S. The maximum atomic E-state index is 13.2. The summed E-state index contributed by atoms with van der Waals surface area (Å²) in [7, 11) is -3.55. The van der Waals surface area contributed by atoms with Gasteiger partial charge >= 0.3 is 0 Å². The maximum Gasteiger partial charge on any atom is 0.243 e. The second-order valence-corrected chi connectivity index (χ2v) is 10.3. The van der Waals surface area contributed by atoms with Crippen molar-refractivity contribution < 1.29 is 8.42 Å². The number of hydrogen-bond acceptors (Lipinski definition) is 7. The van der Waals surface area contributed by atoms with Crippen molar-refractivity contribution in [2.24, 2.45) is 0 Å². The number of aryl methyl sites for hydroxylation is 3. The average Bonchev–Trinajstić information content (AvgIpc) is 3.24. The monoisotopic (exact) mass is 463 g/mol. The van der Waals surface area contributed by atoms with Crippen LogP contribution >= 0.6 is 0 Å². The van der Waals surface area contributed by atoms with Gasteiger partial charge in [0.15, 0.2) is 17.0 Å². The Labute approximate surface area is 192 Å². The third-order valence-electron chi connectivity index (χ3n) is 5.98. The predicted octanol–water partition coefficient (Wildman–Crippen LogP) is 2.65. The molecular weight excluding hydrogens is 438 g/mol. The molecule has 1 fully saturated rings. The Morgan fingerprint density at radius 3 is 2.24 bits per heavy atom. The van der Waals surface area contributed by atoms with E-state index < -0.39 is 10.0 Å². The number of rotatable bonds is 4. The zero-order valence-corrected chi connectivity index (χ0v) is 19.6. The molecule has 170 valence electrons. The molecule has 10 heteroatoms. The zero-order valence-electron chi connectivity index (χ0n) is 18.8. The summed E-state index contributed by atoms with van der Waals surface area (Å²) in [6.07, 6.45) is 1.50. The molecule has 9 nitrogen and oxygen atoms in total. The molecule has 0 bridgehead atoms. The fourth-order valence-electron chi connectivity index (χ4n) is 4.20. The van der Waals surface area contributed by atoms with E-state index in [-0.39, 0.29) is 0 Å². The van der Waals surface area contributed by atoms with Gasteiger partial charge in [-0.05, 0) is 44.5 Å². The van der Waals surface area contributed by atoms with E-state index in [1.54, 1.807) is 15.1 Å². The van der Waals surface area contributed by atoms with Crippen molar-refractivity contribution in [3.05, 3.63) is 65.5 Å². The first-order valence-corrected chi connectivity index (χ1v) is 12.2. The number of anilines is 1. The Balaban J connectivity index is 1.39. The molecule has 2 aromatic heterocycles. The van der Waals surface area contributed by atoms with E-state index >= 15 is 0 Å². The number of sulfonamides is 1. The molecule has 0 saturated carbocycles. The van der Waals surface area contributed by atoms with E-state index in [9.17, 15) is 8.42 Å². The summed E-state index contributed by atoms with van der Waals surface area (Å²) in [6, 6.07) is 13.4. The third kappa shape index (κ3) is 3.85. The minimum absolute atomic E-state index is 0.368. The van der Waals surface area contributed by atoms with Crippen LogP contribution in [0.2, 0.25) is 0 Å². The van der Waals surface area contributed by atoms with Crippen molar-refractivity contribution in [2.45, 2.75) is 25.7 Å². The first kappa shape index (κ1) is 21.5. The molecule has 0 spiro atoms. The number of benzene rings is 2. The normalized spacial score (nSPS) is 15.3. The van der Waals surface area contributed by atoms with Crippen molar-refractivity contribution in [1.29, 1.82) is 0 Å². The van der Waals surface area contributed by atoms with Crippen LogP contribution in [-0.4, -0.2) is 63.9 Å². The van der Waals surface area contributed by atoms with Crippen LogP contribution in [0, 0.1) is 20.8 Å². The van der Waals surface area contributed by atoms with Crippen molar-refractivity contribution in [1.82, 2.24) is 29.3 Å². The molecule has 0 aliphatic carbocycles. The van der Waals surface area contributed by atoms with Gasteiger partial charge in [0.05, 0.1) is 10.6 Å². The Bertz CT molecular complexity index is 1420. The van der Waals surface area contributed by atoms with Crippen LogP contribution in [0.5, 0.6) is 0 Å². The van der Waals surface area contributed by atoms with E-state index in [0.29, 0.717) is 48.1 Å². The first-order chi connectivity index (χ1) is 15.8. The van der Waals surface area contributed by atoms with Gasteiger partial charge in [-0.2, -0.15) is 8.99 Å². The van der Waals surface area contributed by atoms with Gasteiger partial charge in [-0.3, -0.25) is 0 Å². The highest BCUT2D eigenvalue weighted by Crippen LogP contribution is 2.26. The lowest BCUT2D eigenvalue weighted by molar-refractivity contribution is 0.384. The SMILES string of the molecule is Cc1ccc(-n2nnc3c(N4CCN(S(=O)(=O)c5ccc(C)cc5C)CC4)ncnc32)cc1. The van der Waals surface area contributed by atoms with Gasteiger partial charge in [0.1, 0.15) is 6.33 Å². The van der Waals surface area contributed by atoms with E-state index in [1.807, 2.05) is 62.1 Å². The van der Waals surface area contributed by atoms with Crippen molar-refractivity contribution >= 4 is 27.0 Å². The van der Waals surface area contributed by atoms with Crippen LogP contribution in [0.1, 0.15) is 16.7 Å². The minimum Gasteiger partial charge on any atom is -0.352 e. The van der Waals surface area contributed by atoms with Crippen LogP contribution in [0.15, 0.2) is 53.7 Å². The summed E-state index contributed by atoms with van der Waals surface area (Å²) in [6.45, 7) is 7.58. The molecule has 5 rings (SSSR count). The summed E-state index contributed by atoms with van der Waals surface area (Å²) in [5, 5.41) is 8.63. The second-order valence-electron chi connectivity index (χ2n) is 8.37. The van der Waals surface area contributed by atoms with Gasteiger partial charge in [0, 0.05) is 26.2 Å². The lowest BCUT2D eigenvalue weighted by Crippen LogP contribution is -2.49. The van der Waals surface area contributed by atoms with E-state index in [1.165, 1.54) is 6.33 Å². The number of piperazine rings is 1. The lowest BCUT2D eigenvalue weighted by Gasteiger charge is -2.34. The number of fused-ring (bicyclic) bond motifs is 1. The molecule has 1 aliphatic rings. The maximum absolute atomic E-state index is 13.2. The van der Waals surface area contributed by atoms with Gasteiger partial charge in [-0.25, -0.2) is 18.4 Å². The highest BCUT2D eigenvalue weighted by molar-refractivity contribution is 7.89. The topological polar surface area (TPSA) is 97.1 Å². The summed E-state index contributed by atoms with van der Waals surface area (Å²) in [5.41, 5.74) is 5.06. The number of aromatic nitrogens is 5. The Morgan fingerprint density at radius 1 is 0.848 bits per heavy atom. The molecule has 1 saturated heterocycles. The van der Waals surface area contributed by atoms with Crippen LogP contribution in [-0.2, 0) is 10.0 Å². The van der Waals surface area contributed by atoms with Gasteiger partial charge in [0.2, 0.25) is 10.0 Å². The largest absolute Gasteiger partial charge is 0.352 e. The fourth-order valence-corrected chi connectivity index (χ4v) is 5.82. The van der Waals surface area contributed by atoms with Gasteiger partial charge in [0.25, 0.3) is 0 Å². The minimum atomic E-state index is -3.55. The van der Waals surface area contributed by atoms with Crippen LogP contribution in [0.25, 0.3) is 16.9 Å². The quantitative estimate of drug-likeness (QED) is 0.459. The van der Waals surface area contributed by atoms with E-state index in [4.69, 9.17) is 0 Å². The van der Waals surface area contributed by atoms with Gasteiger partial charge in [-0.1, -0.05) is 40.6 Å². The standard InChI is InChI=1S/C23H25N7O2S/c1-16-4-7-19(8-5-16)30-23-21(26-27-30)22(24-15-25-23)28-10-12-29(13-11-28)33(31,32)20-9-6-17(2)14-18(20)3/h4-9,14-15H,10-13H2,1-3H3. The highest BCUT2D eigenvalue weighted by atomic mass is 32.2. The summed E-state index contributed by atoms with van der Waals surface area (Å²) < 4.78 is 29.7. The first-order valence-electron chi connectivity index (χ1n) is 10.8. The molecule has 0 N–H and O–H groups in total. The van der Waals surface area contributed by atoms with Crippen LogP contribution < -0.4 is 4.90 Å². The molecule has 4 aromatic rings. The lowest BCUT2D eigenvalue weighted by atomic mass is 10.2. The smallest absolute Gasteiger partial charge is 0.243 e. The Hall–Kier alpha value is -3.37. The van der Waals surface area contributed by atoms with Crippen LogP contribution in [0.3, 0.4) is 0 Å². The number of nitrogens with zero attached hydrogens (tertiary/aromatic N) is 7. The summed E-state index contributed by atoms with van der Waals surface area (Å²) in [4.78, 5) is 11.3. The predicted molar refractivity (Wildman–Crippen MR) is 126 cm³/mol. The van der Waals surface area contributed by atoms with Crippen molar-refractivity contribution in [3.8, 4) is 5.69 Å². The average molecular weight is 464 g/mol. The Morgan fingerprint density at radius 2 is 1.55 bits per heavy atom. The third-order valence-corrected chi connectivity index (χ3v) is 8.04. The van der Waals surface area contributed by atoms with E-state index in [0.717, 1.165) is 22.4 Å². The highest BCUT2D eigenvalue weighted by Gasteiger charge is 2.31. The second kappa shape index (κ2) is 8.20. The summed E-state index contributed by atoms with van der Waals surface area (Å²) in [5.74, 6) is 0.668. The molecule has 0 radical (unpaired) electrons. The van der Waals surface area contributed by atoms with E-state index in [2.05, 4.69) is 20.3 Å². The van der Waals surface area contributed by atoms with Crippen LogP contribution in [0.4, 0.5) is 5.82 Å². The fraction of sp³-hybridized carbons (Fsp3) is 0.304. The van der Waals surface area contributed by atoms with Gasteiger partial charge in [-0.15, -0.1) is 5.10 Å². The molecule has 0 atom stereocenters. The molecule has 0 unspecified atom stereocenters. The van der Waals surface area contributed by atoms with Crippen molar-refractivity contribution in [2.75, 3.05) is 31.1 Å². The van der Waals surface area contributed by atoms with Crippen molar-refractivity contribution in [3.63, 3.8) is 0 Å². The molecule has 33 heavy (non-hydrogen) atoms. The molecule has 2 aromatic carbocycles. The van der Waals surface area contributed by atoms with Gasteiger partial charge < -0.3 is 4.90 Å². The molecule has 0 amide bonds. The molecule has 1 aliphatic heterocycles. The zero-order chi connectivity index (χ0) is 23.2.